The van der Waals surface area contributed by atoms with Crippen molar-refractivity contribution in [1.82, 2.24) is 4.98 Å². The van der Waals surface area contributed by atoms with E-state index >= 15 is 0 Å². The number of nitro groups is 1. The summed E-state index contributed by atoms with van der Waals surface area (Å²) in [5.41, 5.74) is 9.71. The lowest BCUT2D eigenvalue weighted by atomic mass is 9.95. The van der Waals surface area contributed by atoms with Crippen LogP contribution in [-0.2, 0) is 0 Å². The molecular weight excluding hydrogens is 456 g/mol. The van der Waals surface area contributed by atoms with Gasteiger partial charge in [0.2, 0.25) is 5.13 Å². The smallest absolute Gasteiger partial charge is 0.258 e. The van der Waals surface area contributed by atoms with Gasteiger partial charge < -0.3 is 0 Å². The van der Waals surface area contributed by atoms with Crippen LogP contribution in [0.3, 0.4) is 0 Å². The van der Waals surface area contributed by atoms with E-state index in [1.54, 1.807) is 23.5 Å². The Balaban J connectivity index is 1.60. The molecule has 0 unspecified atom stereocenters. The fraction of sp³-hybridized carbons (Fsp3) is 0.214. The van der Waals surface area contributed by atoms with E-state index in [9.17, 15) is 10.1 Å². The van der Waals surface area contributed by atoms with Crippen molar-refractivity contribution in [3.63, 3.8) is 0 Å². The van der Waals surface area contributed by atoms with Crippen LogP contribution in [0, 0.1) is 37.8 Å². The number of nitro benzene ring substituents is 1. The summed E-state index contributed by atoms with van der Waals surface area (Å²) < 4.78 is 0. The second-order valence-electron chi connectivity index (χ2n) is 9.12. The molecule has 5 rings (SSSR count). The molecule has 7 heteroatoms. The van der Waals surface area contributed by atoms with Gasteiger partial charge in [-0.3, -0.25) is 10.1 Å². The number of hydrogen-bond acceptors (Lipinski definition) is 6. The minimum Gasteiger partial charge on any atom is -0.258 e. The number of benzene rings is 3. The Hall–Kier alpha value is -3.84. The van der Waals surface area contributed by atoms with Crippen molar-refractivity contribution >= 4 is 27.9 Å². The van der Waals surface area contributed by atoms with E-state index in [4.69, 9.17) is 10.1 Å². The molecule has 0 bridgehead atoms. The van der Waals surface area contributed by atoms with Crippen LogP contribution in [-0.4, -0.2) is 15.6 Å². The van der Waals surface area contributed by atoms with Crippen molar-refractivity contribution in [2.24, 2.45) is 5.10 Å². The van der Waals surface area contributed by atoms with Crippen LogP contribution in [0.2, 0.25) is 0 Å². The Labute approximate surface area is 208 Å². The van der Waals surface area contributed by atoms with Gasteiger partial charge in [0.25, 0.3) is 5.69 Å². The third-order valence-corrected chi connectivity index (χ3v) is 7.27. The van der Waals surface area contributed by atoms with Crippen LogP contribution < -0.4 is 5.01 Å². The molecule has 0 amide bonds. The predicted molar refractivity (Wildman–Crippen MR) is 142 cm³/mol. The SMILES string of the molecule is Cc1ccc(C)c(C2=NN(c3nc(-c4cc(C)ccc4C)cs3)[C@H](c3cccc([N+](=O)[O-])c3)C2)c1. The number of aromatic nitrogens is 1. The van der Waals surface area contributed by atoms with Crippen molar-refractivity contribution in [2.45, 2.75) is 40.2 Å². The number of non-ortho nitro benzene ring substituents is 1. The van der Waals surface area contributed by atoms with Crippen molar-refractivity contribution < 1.29 is 4.92 Å². The Morgan fingerprint density at radius 2 is 1.63 bits per heavy atom. The summed E-state index contributed by atoms with van der Waals surface area (Å²) in [4.78, 5) is 16.1. The summed E-state index contributed by atoms with van der Waals surface area (Å²) in [6.45, 7) is 8.33. The van der Waals surface area contributed by atoms with Crippen LogP contribution in [0.25, 0.3) is 11.3 Å². The molecule has 0 saturated heterocycles. The highest BCUT2D eigenvalue weighted by Gasteiger charge is 2.33. The minimum atomic E-state index is -0.350. The van der Waals surface area contributed by atoms with E-state index in [0.29, 0.717) is 6.42 Å². The number of rotatable bonds is 5. The zero-order valence-corrected chi connectivity index (χ0v) is 21.0. The van der Waals surface area contributed by atoms with Gasteiger partial charge in [0.15, 0.2) is 0 Å². The minimum absolute atomic E-state index is 0.0813. The van der Waals surface area contributed by atoms with Gasteiger partial charge in [-0.2, -0.15) is 5.10 Å². The van der Waals surface area contributed by atoms with Crippen molar-refractivity contribution in [1.29, 1.82) is 0 Å². The molecule has 1 aromatic heterocycles. The molecule has 0 radical (unpaired) electrons. The standard InChI is InChI=1S/C28H26N4O2S/c1-17-8-10-19(3)23(12-17)25-15-27(21-6-5-7-22(14-21)32(33)34)31(30-25)28-29-26(16-35-28)24-13-18(2)9-11-20(24)4/h5-14,16,27H,15H2,1-4H3/t27-/m0/s1. The first-order valence-corrected chi connectivity index (χ1v) is 12.4. The van der Waals surface area contributed by atoms with E-state index < -0.39 is 0 Å². The number of hydrogen-bond donors (Lipinski definition) is 0. The summed E-state index contributed by atoms with van der Waals surface area (Å²) in [5, 5.41) is 21.3. The molecule has 6 nitrogen and oxygen atoms in total. The number of hydrazone groups is 1. The molecule has 176 valence electrons. The van der Waals surface area contributed by atoms with E-state index in [1.165, 1.54) is 22.8 Å². The molecule has 0 aliphatic carbocycles. The quantitative estimate of drug-likeness (QED) is 0.221. The second kappa shape index (κ2) is 9.07. The van der Waals surface area contributed by atoms with Crippen LogP contribution >= 0.6 is 11.3 Å². The lowest BCUT2D eigenvalue weighted by Gasteiger charge is -2.21. The van der Waals surface area contributed by atoms with E-state index in [0.717, 1.165) is 38.8 Å². The number of thiazole rings is 1. The molecule has 1 aliphatic rings. The number of aryl methyl sites for hydroxylation is 4. The Bertz CT molecular complexity index is 1470. The van der Waals surface area contributed by atoms with Crippen molar-refractivity contribution in [3.05, 3.63) is 110 Å². The first kappa shape index (κ1) is 22.9. The van der Waals surface area contributed by atoms with Crippen LogP contribution in [0.4, 0.5) is 10.8 Å². The van der Waals surface area contributed by atoms with E-state index in [1.807, 2.05) is 11.1 Å². The van der Waals surface area contributed by atoms with Crippen LogP contribution in [0.1, 0.15) is 45.8 Å². The zero-order valence-electron chi connectivity index (χ0n) is 20.1. The van der Waals surface area contributed by atoms with Gasteiger partial charge >= 0.3 is 0 Å². The van der Waals surface area contributed by atoms with Gasteiger partial charge in [0.05, 0.1) is 22.4 Å². The lowest BCUT2D eigenvalue weighted by molar-refractivity contribution is -0.384. The second-order valence-corrected chi connectivity index (χ2v) is 9.95. The third-order valence-electron chi connectivity index (χ3n) is 6.44. The van der Waals surface area contributed by atoms with Gasteiger partial charge in [-0.15, -0.1) is 11.3 Å². The molecule has 0 saturated carbocycles. The maximum absolute atomic E-state index is 11.5. The van der Waals surface area contributed by atoms with Gasteiger partial charge in [-0.25, -0.2) is 9.99 Å². The molecule has 0 fully saturated rings. The molecule has 35 heavy (non-hydrogen) atoms. The summed E-state index contributed by atoms with van der Waals surface area (Å²) in [6, 6.07) is 19.4. The van der Waals surface area contributed by atoms with E-state index in [-0.39, 0.29) is 16.7 Å². The monoisotopic (exact) mass is 482 g/mol. The maximum Gasteiger partial charge on any atom is 0.269 e. The average Bonchev–Trinajstić information content (AvgIpc) is 3.50. The fourth-order valence-corrected chi connectivity index (χ4v) is 5.33. The molecule has 4 aromatic rings. The highest BCUT2D eigenvalue weighted by molar-refractivity contribution is 7.14. The molecular formula is C28H26N4O2S. The van der Waals surface area contributed by atoms with Crippen LogP contribution in [0.5, 0.6) is 0 Å². The molecule has 0 N–H and O–H groups in total. The summed E-state index contributed by atoms with van der Waals surface area (Å²) in [5.74, 6) is 0. The molecule has 1 atom stereocenters. The first-order valence-electron chi connectivity index (χ1n) is 11.5. The average molecular weight is 483 g/mol. The molecule has 3 aromatic carbocycles. The van der Waals surface area contributed by atoms with Crippen molar-refractivity contribution in [3.8, 4) is 11.3 Å². The van der Waals surface area contributed by atoms with Crippen molar-refractivity contribution in [2.75, 3.05) is 5.01 Å². The highest BCUT2D eigenvalue weighted by atomic mass is 32.1. The van der Waals surface area contributed by atoms with E-state index in [2.05, 4.69) is 69.5 Å². The molecule has 0 spiro atoms. The van der Waals surface area contributed by atoms with Gasteiger partial charge in [0, 0.05) is 35.1 Å². The van der Waals surface area contributed by atoms with Crippen LogP contribution in [0.15, 0.2) is 71.1 Å². The van der Waals surface area contributed by atoms with Gasteiger partial charge in [-0.1, -0.05) is 47.5 Å². The van der Waals surface area contributed by atoms with Gasteiger partial charge in [-0.05, 0) is 56.5 Å². The Morgan fingerprint density at radius 1 is 0.943 bits per heavy atom. The third kappa shape index (κ3) is 4.47. The molecule has 2 heterocycles. The molecule has 1 aliphatic heterocycles. The topological polar surface area (TPSA) is 71.6 Å². The number of nitrogens with zero attached hydrogens (tertiary/aromatic N) is 4. The highest BCUT2D eigenvalue weighted by Crippen LogP contribution is 2.41. The maximum atomic E-state index is 11.5. The summed E-state index contributed by atoms with van der Waals surface area (Å²) in [7, 11) is 0. The predicted octanol–water partition coefficient (Wildman–Crippen LogP) is 7.31. The fourth-order valence-electron chi connectivity index (χ4n) is 4.51. The largest absolute Gasteiger partial charge is 0.269 e. The summed E-state index contributed by atoms with van der Waals surface area (Å²) in [6.07, 6.45) is 0.643. The first-order chi connectivity index (χ1) is 16.8. The Morgan fingerprint density at radius 3 is 2.34 bits per heavy atom. The zero-order chi connectivity index (χ0) is 24.7. The Kier molecular flexibility index (Phi) is 5.94. The summed E-state index contributed by atoms with van der Waals surface area (Å²) >= 11 is 1.54. The normalized spacial score (nSPS) is 15.4. The lowest BCUT2D eigenvalue weighted by Crippen LogP contribution is -2.18. The van der Waals surface area contributed by atoms with Gasteiger partial charge in [0.1, 0.15) is 0 Å². The number of anilines is 1.